The average Bonchev–Trinajstić information content (AvgIpc) is 2.73. The molecule has 8 heteroatoms. The van der Waals surface area contributed by atoms with Crippen LogP contribution >= 0.6 is 42.6 Å². The van der Waals surface area contributed by atoms with E-state index in [0.29, 0.717) is 5.56 Å². The maximum absolute atomic E-state index is 13.2. The molecule has 3 aromatic rings. The third-order valence-electron chi connectivity index (χ3n) is 4.23. The van der Waals surface area contributed by atoms with Gasteiger partial charge in [-0.25, -0.2) is 0 Å². The summed E-state index contributed by atoms with van der Waals surface area (Å²) in [6.45, 7) is 0. The van der Waals surface area contributed by atoms with Crippen molar-refractivity contribution in [2.45, 2.75) is 0 Å². The highest BCUT2D eigenvalue weighted by Crippen LogP contribution is 2.39. The molecule has 0 spiro atoms. The van der Waals surface area contributed by atoms with Gasteiger partial charge in [0.05, 0.1) is 33.0 Å². The number of benzene rings is 3. The summed E-state index contributed by atoms with van der Waals surface area (Å²) in [5.41, 5.74) is -0.269. The zero-order chi connectivity index (χ0) is 21.1. The zero-order valence-electron chi connectivity index (χ0n) is 15.0. The third-order valence-corrected chi connectivity index (χ3v) is 7.20. The molecule has 4 nitrogen and oxygen atoms in total. The average molecular weight is 468 g/mol. The van der Waals surface area contributed by atoms with E-state index in [2.05, 4.69) is 0 Å². The fourth-order valence-electron chi connectivity index (χ4n) is 2.80. The van der Waals surface area contributed by atoms with Crippen LogP contribution in [-0.2, 0) is 4.57 Å². The second kappa shape index (κ2) is 9.15. The first kappa shape index (κ1) is 21.6. The smallest absolute Gasteiger partial charge is 0.228 e. The van der Waals surface area contributed by atoms with Gasteiger partial charge >= 0.3 is 0 Å². The van der Waals surface area contributed by atoms with Crippen LogP contribution in [0.15, 0.2) is 60.7 Å². The van der Waals surface area contributed by atoms with Crippen LogP contribution in [0.25, 0.3) is 0 Å². The van der Waals surface area contributed by atoms with Crippen molar-refractivity contribution in [2.75, 3.05) is 7.11 Å². The van der Waals surface area contributed by atoms with Crippen LogP contribution < -0.4 is 10.0 Å². The SMILES string of the molecule is COc1cccc(Cl)c1C(=O)[PH](=O)c1c(Cl)ccc(C(=O)c2ccccc2)c1Cl. The highest BCUT2D eigenvalue weighted by Gasteiger charge is 2.28. The normalized spacial score (nSPS) is 11.7. The third kappa shape index (κ3) is 4.26. The summed E-state index contributed by atoms with van der Waals surface area (Å²) in [7, 11) is -1.84. The molecule has 0 saturated carbocycles. The van der Waals surface area contributed by atoms with Gasteiger partial charge in [0.15, 0.2) is 13.6 Å². The summed E-state index contributed by atoms with van der Waals surface area (Å²) >= 11 is 18.7. The van der Waals surface area contributed by atoms with Gasteiger partial charge in [-0.1, -0.05) is 71.2 Å². The van der Waals surface area contributed by atoms with Gasteiger partial charge in [0, 0.05) is 11.1 Å². The molecule has 0 aromatic heterocycles. The molecule has 0 saturated heterocycles. The van der Waals surface area contributed by atoms with Gasteiger partial charge < -0.3 is 9.30 Å². The minimum Gasteiger partial charge on any atom is -0.496 e. The van der Waals surface area contributed by atoms with E-state index in [0.717, 1.165) is 0 Å². The van der Waals surface area contributed by atoms with Crippen molar-refractivity contribution in [1.82, 2.24) is 0 Å². The lowest BCUT2D eigenvalue weighted by Gasteiger charge is -2.13. The van der Waals surface area contributed by atoms with Gasteiger partial charge in [-0.05, 0) is 24.3 Å². The highest BCUT2D eigenvalue weighted by molar-refractivity contribution is 7.72. The van der Waals surface area contributed by atoms with Gasteiger partial charge in [0.25, 0.3) is 0 Å². The summed E-state index contributed by atoms with van der Waals surface area (Å²) in [6.07, 6.45) is 0. The Balaban J connectivity index is 2.09. The van der Waals surface area contributed by atoms with E-state index < -0.39 is 13.3 Å². The van der Waals surface area contributed by atoms with Crippen molar-refractivity contribution in [3.05, 3.63) is 92.4 Å². The van der Waals surface area contributed by atoms with E-state index >= 15 is 0 Å². The molecule has 0 bridgehead atoms. The molecule has 0 fully saturated rings. The molecular weight excluding hydrogens is 454 g/mol. The van der Waals surface area contributed by atoms with E-state index in [-0.39, 0.29) is 43.0 Å². The lowest BCUT2D eigenvalue weighted by Crippen LogP contribution is -2.13. The van der Waals surface area contributed by atoms with E-state index in [4.69, 9.17) is 39.5 Å². The summed E-state index contributed by atoms with van der Waals surface area (Å²) in [4.78, 5) is 25.8. The van der Waals surface area contributed by atoms with Crippen molar-refractivity contribution in [2.24, 2.45) is 0 Å². The maximum Gasteiger partial charge on any atom is 0.228 e. The van der Waals surface area contributed by atoms with Crippen LogP contribution in [-0.4, -0.2) is 18.4 Å². The number of carbonyl (C=O) groups is 2. The zero-order valence-corrected chi connectivity index (χ0v) is 18.3. The van der Waals surface area contributed by atoms with E-state index in [1.54, 1.807) is 36.4 Å². The lowest BCUT2D eigenvalue weighted by atomic mass is 10.0. The Morgan fingerprint density at radius 3 is 2.21 bits per heavy atom. The van der Waals surface area contributed by atoms with Crippen LogP contribution in [0.3, 0.4) is 0 Å². The summed E-state index contributed by atoms with van der Waals surface area (Å²) in [5, 5.41) is -0.0685. The minimum absolute atomic E-state index is 0.0209. The Morgan fingerprint density at radius 1 is 0.862 bits per heavy atom. The Kier molecular flexibility index (Phi) is 6.81. The molecule has 0 heterocycles. The summed E-state index contributed by atoms with van der Waals surface area (Å²) in [5.74, 6) is -0.185. The van der Waals surface area contributed by atoms with Crippen molar-refractivity contribution < 1.29 is 18.9 Å². The number of hydrogen-bond acceptors (Lipinski definition) is 4. The number of carbonyl (C=O) groups excluding carboxylic acids is 2. The Morgan fingerprint density at radius 2 is 1.55 bits per heavy atom. The Bertz CT molecular complexity index is 1130. The van der Waals surface area contributed by atoms with Crippen LogP contribution in [0.4, 0.5) is 0 Å². The fraction of sp³-hybridized carbons (Fsp3) is 0.0476. The predicted molar refractivity (Wildman–Crippen MR) is 117 cm³/mol. The van der Waals surface area contributed by atoms with Gasteiger partial charge in [-0.2, -0.15) is 0 Å². The van der Waals surface area contributed by atoms with Crippen molar-refractivity contribution in [3.8, 4) is 5.75 Å². The number of hydrogen-bond donors (Lipinski definition) is 0. The molecule has 148 valence electrons. The van der Waals surface area contributed by atoms with Crippen molar-refractivity contribution in [1.29, 1.82) is 0 Å². The standard InChI is InChI=1S/C21H14Cl3O4P/c1-28-16-9-5-8-14(22)17(16)21(26)29(27)20-15(23)11-10-13(18(20)24)19(25)12-6-3-2-4-7-12/h2-11,29H,1H3. The lowest BCUT2D eigenvalue weighted by molar-refractivity contribution is 0.103. The topological polar surface area (TPSA) is 60.4 Å². The molecule has 0 N–H and O–H groups in total. The quantitative estimate of drug-likeness (QED) is 0.334. The molecule has 0 aliphatic rings. The maximum atomic E-state index is 13.2. The number of ketones is 1. The van der Waals surface area contributed by atoms with Crippen LogP contribution in [0.5, 0.6) is 5.75 Å². The number of rotatable bonds is 6. The molecule has 0 amide bonds. The molecular formula is C21H14Cl3O4P. The molecule has 3 aromatic carbocycles. The molecule has 29 heavy (non-hydrogen) atoms. The van der Waals surface area contributed by atoms with Gasteiger partial charge in [-0.3, -0.25) is 9.59 Å². The molecule has 0 aliphatic heterocycles. The molecule has 1 unspecified atom stereocenters. The monoisotopic (exact) mass is 466 g/mol. The largest absolute Gasteiger partial charge is 0.496 e. The second-order valence-corrected chi connectivity index (χ2v) is 8.76. The molecule has 3 rings (SSSR count). The van der Waals surface area contributed by atoms with Gasteiger partial charge in [-0.15, -0.1) is 0 Å². The van der Waals surface area contributed by atoms with Crippen molar-refractivity contribution >= 4 is 59.2 Å². The molecule has 0 aliphatic carbocycles. The van der Waals surface area contributed by atoms with Crippen LogP contribution in [0.1, 0.15) is 26.3 Å². The summed E-state index contributed by atoms with van der Waals surface area (Å²) in [6, 6.07) is 16.0. The minimum atomic E-state index is -3.22. The number of halogens is 3. The Hall–Kier alpha value is -2.10. The summed E-state index contributed by atoms with van der Waals surface area (Å²) < 4.78 is 18.3. The van der Waals surface area contributed by atoms with Gasteiger partial charge in [0.2, 0.25) is 5.52 Å². The number of ether oxygens (including phenoxy) is 1. The fourth-order valence-corrected chi connectivity index (χ4v) is 5.45. The predicted octanol–water partition coefficient (Wildman–Crippen LogP) is 5.91. The van der Waals surface area contributed by atoms with Crippen molar-refractivity contribution in [3.63, 3.8) is 0 Å². The van der Waals surface area contributed by atoms with E-state index in [9.17, 15) is 14.2 Å². The van der Waals surface area contributed by atoms with Crippen LogP contribution in [0, 0.1) is 0 Å². The molecule has 1 atom stereocenters. The van der Waals surface area contributed by atoms with E-state index in [1.807, 2.05) is 0 Å². The Labute approximate surface area is 183 Å². The first-order valence-electron chi connectivity index (χ1n) is 8.36. The number of methoxy groups -OCH3 is 1. The van der Waals surface area contributed by atoms with E-state index in [1.165, 1.54) is 31.4 Å². The first-order chi connectivity index (χ1) is 13.9. The molecule has 0 radical (unpaired) electrons. The van der Waals surface area contributed by atoms with Gasteiger partial charge in [0.1, 0.15) is 5.75 Å². The van der Waals surface area contributed by atoms with Crippen LogP contribution in [0.2, 0.25) is 15.1 Å². The second-order valence-electron chi connectivity index (χ2n) is 5.95. The first-order valence-corrected chi connectivity index (χ1v) is 10.9. The highest BCUT2D eigenvalue weighted by atomic mass is 35.5.